The summed E-state index contributed by atoms with van der Waals surface area (Å²) in [6.07, 6.45) is 2.13. The molecule has 68 valence electrons. The van der Waals surface area contributed by atoms with Crippen molar-refractivity contribution in [2.45, 2.75) is 40.0 Å². The van der Waals surface area contributed by atoms with E-state index in [1.807, 2.05) is 20.8 Å². The molecule has 0 aromatic heterocycles. The number of carbonyl (C=O) groups is 1. The molecule has 0 spiro atoms. The van der Waals surface area contributed by atoms with Crippen LogP contribution in [-0.2, 0) is 4.79 Å². The predicted octanol–water partition coefficient (Wildman–Crippen LogP) is 2.60. The van der Waals surface area contributed by atoms with E-state index in [1.165, 1.54) is 0 Å². The van der Waals surface area contributed by atoms with E-state index in [2.05, 4.69) is 0 Å². The van der Waals surface area contributed by atoms with Crippen molar-refractivity contribution in [1.29, 1.82) is 0 Å². The van der Waals surface area contributed by atoms with Gasteiger partial charge in [0.25, 0.3) is 0 Å². The Bertz CT molecular complexity index is 236. The van der Waals surface area contributed by atoms with Gasteiger partial charge in [-0.3, -0.25) is 4.79 Å². The summed E-state index contributed by atoms with van der Waals surface area (Å²) in [7, 11) is 0. The van der Waals surface area contributed by atoms with Gasteiger partial charge in [0.15, 0.2) is 5.78 Å². The first-order valence-corrected chi connectivity index (χ1v) is 4.45. The quantitative estimate of drug-likeness (QED) is 0.688. The summed E-state index contributed by atoms with van der Waals surface area (Å²) in [5.74, 6) is 0.410. The summed E-state index contributed by atoms with van der Waals surface area (Å²) in [6.45, 7) is 5.77. The standard InChI is InChI=1S/C10H16O2/c1-4-8(11)7-5-6-10(2,3)9(7)12/h12H,4-6H2,1-3H3. The lowest BCUT2D eigenvalue weighted by molar-refractivity contribution is -0.115. The lowest BCUT2D eigenvalue weighted by Gasteiger charge is -2.16. The second kappa shape index (κ2) is 2.92. The number of Topliss-reactive ketones (excluding diaryl/α,β-unsaturated/α-hetero) is 1. The van der Waals surface area contributed by atoms with Gasteiger partial charge < -0.3 is 5.11 Å². The molecule has 1 N–H and O–H groups in total. The molecule has 0 amide bonds. The van der Waals surface area contributed by atoms with Gasteiger partial charge in [0, 0.05) is 17.4 Å². The number of aliphatic hydroxyl groups is 1. The molecule has 0 fully saturated rings. The minimum atomic E-state index is -0.180. The second-order valence-electron chi connectivity index (χ2n) is 3.99. The van der Waals surface area contributed by atoms with Gasteiger partial charge in [0.1, 0.15) is 5.76 Å². The molecule has 0 saturated carbocycles. The molecular weight excluding hydrogens is 152 g/mol. The lowest BCUT2D eigenvalue weighted by atomic mass is 9.91. The van der Waals surface area contributed by atoms with Crippen LogP contribution in [-0.4, -0.2) is 10.9 Å². The Morgan fingerprint density at radius 1 is 1.58 bits per heavy atom. The first kappa shape index (κ1) is 9.30. The second-order valence-corrected chi connectivity index (χ2v) is 3.99. The fourth-order valence-corrected chi connectivity index (χ4v) is 1.57. The van der Waals surface area contributed by atoms with E-state index in [1.54, 1.807) is 0 Å². The van der Waals surface area contributed by atoms with E-state index in [0.29, 0.717) is 17.8 Å². The lowest BCUT2D eigenvalue weighted by Crippen LogP contribution is -2.10. The molecule has 1 rings (SSSR count). The van der Waals surface area contributed by atoms with Gasteiger partial charge in [-0.1, -0.05) is 20.8 Å². The molecule has 2 nitrogen and oxygen atoms in total. The van der Waals surface area contributed by atoms with Crippen LogP contribution >= 0.6 is 0 Å². The Morgan fingerprint density at radius 3 is 2.50 bits per heavy atom. The van der Waals surface area contributed by atoms with E-state index < -0.39 is 0 Å². The number of carbonyl (C=O) groups excluding carboxylic acids is 1. The summed E-state index contributed by atoms with van der Waals surface area (Å²) < 4.78 is 0. The first-order valence-electron chi connectivity index (χ1n) is 4.45. The molecule has 0 aromatic rings. The Hall–Kier alpha value is -0.790. The Kier molecular flexibility index (Phi) is 2.27. The predicted molar refractivity (Wildman–Crippen MR) is 48.0 cm³/mol. The third-order valence-electron chi connectivity index (χ3n) is 2.58. The monoisotopic (exact) mass is 168 g/mol. The van der Waals surface area contributed by atoms with Gasteiger partial charge in [0.2, 0.25) is 0 Å². The Balaban J connectivity index is 2.93. The van der Waals surface area contributed by atoms with Crippen LogP contribution < -0.4 is 0 Å². The number of rotatable bonds is 2. The van der Waals surface area contributed by atoms with Gasteiger partial charge in [-0.2, -0.15) is 0 Å². The van der Waals surface area contributed by atoms with Gasteiger partial charge in [-0.25, -0.2) is 0 Å². The van der Waals surface area contributed by atoms with Crippen LogP contribution in [0.4, 0.5) is 0 Å². The molecule has 0 aliphatic heterocycles. The summed E-state index contributed by atoms with van der Waals surface area (Å²) in [4.78, 5) is 11.3. The molecule has 0 atom stereocenters. The van der Waals surface area contributed by atoms with Crippen molar-refractivity contribution in [2.24, 2.45) is 5.41 Å². The Labute approximate surface area is 73.3 Å². The third-order valence-corrected chi connectivity index (χ3v) is 2.58. The van der Waals surface area contributed by atoms with Crippen LogP contribution in [0.25, 0.3) is 0 Å². The first-order chi connectivity index (χ1) is 5.49. The number of aliphatic hydroxyl groups excluding tert-OH is 1. The average Bonchev–Trinajstić information content (AvgIpc) is 2.27. The Morgan fingerprint density at radius 2 is 2.17 bits per heavy atom. The number of ketones is 1. The third kappa shape index (κ3) is 1.38. The van der Waals surface area contributed by atoms with Crippen LogP contribution in [0.1, 0.15) is 40.0 Å². The topological polar surface area (TPSA) is 37.3 Å². The fourth-order valence-electron chi connectivity index (χ4n) is 1.57. The summed E-state index contributed by atoms with van der Waals surface area (Å²) >= 11 is 0. The molecule has 0 bridgehead atoms. The van der Waals surface area contributed by atoms with Crippen LogP contribution in [0.2, 0.25) is 0 Å². The normalized spacial score (nSPS) is 21.6. The van der Waals surface area contributed by atoms with Crippen molar-refractivity contribution in [1.82, 2.24) is 0 Å². The highest BCUT2D eigenvalue weighted by Crippen LogP contribution is 2.41. The van der Waals surface area contributed by atoms with Gasteiger partial charge in [-0.05, 0) is 12.8 Å². The molecule has 1 aliphatic rings. The maximum absolute atomic E-state index is 11.3. The van der Waals surface area contributed by atoms with Crippen molar-refractivity contribution in [3.05, 3.63) is 11.3 Å². The molecule has 0 aromatic carbocycles. The number of hydrogen-bond donors (Lipinski definition) is 1. The van der Waals surface area contributed by atoms with E-state index in [-0.39, 0.29) is 11.2 Å². The zero-order valence-corrected chi connectivity index (χ0v) is 7.98. The molecule has 0 heterocycles. The van der Waals surface area contributed by atoms with Crippen LogP contribution in [0.15, 0.2) is 11.3 Å². The highest BCUT2D eigenvalue weighted by atomic mass is 16.3. The molecule has 1 aliphatic carbocycles. The summed E-state index contributed by atoms with van der Waals surface area (Å²) in [6, 6.07) is 0. The van der Waals surface area contributed by atoms with Crippen molar-refractivity contribution < 1.29 is 9.90 Å². The fraction of sp³-hybridized carbons (Fsp3) is 0.700. The number of hydrogen-bond acceptors (Lipinski definition) is 2. The zero-order chi connectivity index (χ0) is 9.35. The van der Waals surface area contributed by atoms with Gasteiger partial charge in [-0.15, -0.1) is 0 Å². The minimum Gasteiger partial charge on any atom is -0.511 e. The van der Waals surface area contributed by atoms with E-state index >= 15 is 0 Å². The average molecular weight is 168 g/mol. The van der Waals surface area contributed by atoms with Crippen LogP contribution in [0.3, 0.4) is 0 Å². The maximum atomic E-state index is 11.3. The van der Waals surface area contributed by atoms with E-state index in [9.17, 15) is 9.90 Å². The molecule has 0 unspecified atom stereocenters. The van der Waals surface area contributed by atoms with Crippen LogP contribution in [0.5, 0.6) is 0 Å². The molecule has 0 radical (unpaired) electrons. The molecule has 12 heavy (non-hydrogen) atoms. The zero-order valence-electron chi connectivity index (χ0n) is 7.98. The van der Waals surface area contributed by atoms with Crippen molar-refractivity contribution in [3.8, 4) is 0 Å². The highest BCUT2D eigenvalue weighted by molar-refractivity contribution is 5.96. The largest absolute Gasteiger partial charge is 0.511 e. The summed E-state index contributed by atoms with van der Waals surface area (Å²) in [5.41, 5.74) is 0.475. The van der Waals surface area contributed by atoms with Crippen LogP contribution in [0, 0.1) is 5.41 Å². The van der Waals surface area contributed by atoms with E-state index in [4.69, 9.17) is 0 Å². The molecule has 2 heteroatoms. The maximum Gasteiger partial charge on any atom is 0.161 e. The van der Waals surface area contributed by atoms with E-state index in [0.717, 1.165) is 12.8 Å². The number of allylic oxidation sites excluding steroid dienone is 2. The smallest absolute Gasteiger partial charge is 0.161 e. The molecule has 0 saturated heterocycles. The van der Waals surface area contributed by atoms with Crippen molar-refractivity contribution in [2.75, 3.05) is 0 Å². The van der Waals surface area contributed by atoms with Gasteiger partial charge in [0.05, 0.1) is 0 Å². The summed E-state index contributed by atoms with van der Waals surface area (Å²) in [5, 5.41) is 9.68. The minimum absolute atomic E-state index is 0.0954. The SMILES string of the molecule is CCC(=O)C1=C(O)C(C)(C)CC1. The molecular formula is C10H16O2. The highest BCUT2D eigenvalue weighted by Gasteiger charge is 2.34. The van der Waals surface area contributed by atoms with Crippen molar-refractivity contribution in [3.63, 3.8) is 0 Å². The van der Waals surface area contributed by atoms with Gasteiger partial charge >= 0.3 is 0 Å². The van der Waals surface area contributed by atoms with Crippen molar-refractivity contribution >= 4 is 5.78 Å².